The van der Waals surface area contributed by atoms with Gasteiger partial charge in [-0.05, 0) is 48.4 Å². The van der Waals surface area contributed by atoms with Crippen LogP contribution in [0.1, 0.15) is 24.0 Å². The van der Waals surface area contributed by atoms with Gasteiger partial charge in [-0.2, -0.15) is 0 Å². The molecule has 1 unspecified atom stereocenters. The average molecular weight is 292 g/mol. The molecule has 0 bridgehead atoms. The molecule has 2 rings (SSSR count). The topological polar surface area (TPSA) is 12.0 Å². The Morgan fingerprint density at radius 3 is 2.30 bits per heavy atom. The number of benzene rings is 2. The molecule has 3 heteroatoms. The van der Waals surface area contributed by atoms with Gasteiger partial charge in [-0.15, -0.1) is 0 Å². The Balaban J connectivity index is 2.14. The van der Waals surface area contributed by atoms with Gasteiger partial charge in [0.2, 0.25) is 0 Å². The molecule has 0 aliphatic carbocycles. The van der Waals surface area contributed by atoms with Crippen LogP contribution in [0.2, 0.25) is 5.02 Å². The van der Waals surface area contributed by atoms with E-state index in [0.29, 0.717) is 5.92 Å². The summed E-state index contributed by atoms with van der Waals surface area (Å²) in [5.41, 5.74) is 2.39. The van der Waals surface area contributed by atoms with Gasteiger partial charge in [-0.1, -0.05) is 42.8 Å². The molecular weight excluding hydrogens is 273 g/mol. The third-order valence-electron chi connectivity index (χ3n) is 3.38. The van der Waals surface area contributed by atoms with E-state index in [9.17, 15) is 4.39 Å². The van der Waals surface area contributed by atoms with Crippen molar-refractivity contribution in [3.63, 3.8) is 0 Å². The van der Waals surface area contributed by atoms with Crippen molar-refractivity contribution >= 4 is 11.6 Å². The molecule has 0 heterocycles. The SMILES string of the molecule is CCNCC(Cc1ccc(F)cc1)c1ccc(Cl)cc1. The molecule has 0 amide bonds. The van der Waals surface area contributed by atoms with E-state index in [1.54, 1.807) is 0 Å². The lowest BCUT2D eigenvalue weighted by Crippen LogP contribution is -2.22. The van der Waals surface area contributed by atoms with Crippen molar-refractivity contribution in [2.75, 3.05) is 13.1 Å². The molecule has 0 fully saturated rings. The lowest BCUT2D eigenvalue weighted by atomic mass is 9.92. The van der Waals surface area contributed by atoms with E-state index < -0.39 is 0 Å². The highest BCUT2D eigenvalue weighted by Crippen LogP contribution is 2.22. The fourth-order valence-electron chi connectivity index (χ4n) is 2.27. The monoisotopic (exact) mass is 291 g/mol. The predicted octanol–water partition coefficient (Wildman–Crippen LogP) is 4.41. The standard InChI is InChI=1S/C17H19ClFN/c1-2-20-12-15(14-5-7-16(18)8-6-14)11-13-3-9-17(19)10-4-13/h3-10,15,20H,2,11-12H2,1H3. The Hall–Kier alpha value is -1.38. The summed E-state index contributed by atoms with van der Waals surface area (Å²) in [5, 5.41) is 4.13. The Bertz CT molecular complexity index is 522. The van der Waals surface area contributed by atoms with Crippen LogP contribution in [0, 0.1) is 5.82 Å². The van der Waals surface area contributed by atoms with Gasteiger partial charge in [-0.3, -0.25) is 0 Å². The van der Waals surface area contributed by atoms with Crippen molar-refractivity contribution in [1.29, 1.82) is 0 Å². The minimum atomic E-state index is -0.191. The molecule has 1 N–H and O–H groups in total. The molecule has 1 atom stereocenters. The molecule has 0 radical (unpaired) electrons. The number of rotatable bonds is 6. The average Bonchev–Trinajstić information content (AvgIpc) is 2.46. The fourth-order valence-corrected chi connectivity index (χ4v) is 2.39. The third-order valence-corrected chi connectivity index (χ3v) is 3.63. The van der Waals surface area contributed by atoms with Gasteiger partial charge < -0.3 is 5.32 Å². The van der Waals surface area contributed by atoms with E-state index in [2.05, 4.69) is 24.4 Å². The first kappa shape index (κ1) is 15.0. The smallest absolute Gasteiger partial charge is 0.123 e. The highest BCUT2D eigenvalue weighted by atomic mass is 35.5. The van der Waals surface area contributed by atoms with Crippen molar-refractivity contribution in [3.05, 3.63) is 70.5 Å². The van der Waals surface area contributed by atoms with Crippen LogP contribution < -0.4 is 5.32 Å². The number of likely N-dealkylation sites (N-methyl/N-ethyl adjacent to an activating group) is 1. The zero-order chi connectivity index (χ0) is 14.4. The summed E-state index contributed by atoms with van der Waals surface area (Å²) in [6, 6.07) is 14.7. The van der Waals surface area contributed by atoms with Crippen molar-refractivity contribution in [1.82, 2.24) is 5.32 Å². The minimum absolute atomic E-state index is 0.191. The number of hydrogen-bond acceptors (Lipinski definition) is 1. The second-order valence-corrected chi connectivity index (χ2v) is 5.32. The van der Waals surface area contributed by atoms with E-state index in [1.807, 2.05) is 24.3 Å². The van der Waals surface area contributed by atoms with Crippen LogP contribution in [0.5, 0.6) is 0 Å². The molecule has 2 aromatic carbocycles. The molecular formula is C17H19ClFN. The Morgan fingerprint density at radius 2 is 1.70 bits per heavy atom. The number of hydrogen-bond donors (Lipinski definition) is 1. The molecule has 2 aromatic rings. The zero-order valence-corrected chi connectivity index (χ0v) is 12.3. The Labute approximate surface area is 124 Å². The van der Waals surface area contributed by atoms with Crippen LogP contribution in [-0.4, -0.2) is 13.1 Å². The van der Waals surface area contributed by atoms with Crippen LogP contribution >= 0.6 is 11.6 Å². The molecule has 1 nitrogen and oxygen atoms in total. The lowest BCUT2D eigenvalue weighted by molar-refractivity contribution is 0.592. The molecule has 0 aliphatic heterocycles. The maximum absolute atomic E-state index is 13.0. The highest BCUT2D eigenvalue weighted by Gasteiger charge is 2.12. The highest BCUT2D eigenvalue weighted by molar-refractivity contribution is 6.30. The van der Waals surface area contributed by atoms with Crippen LogP contribution in [0.25, 0.3) is 0 Å². The molecule has 20 heavy (non-hydrogen) atoms. The summed E-state index contributed by atoms with van der Waals surface area (Å²) in [6.45, 7) is 3.93. The maximum Gasteiger partial charge on any atom is 0.123 e. The number of nitrogens with one attached hydrogen (secondary N) is 1. The molecule has 0 aromatic heterocycles. The summed E-state index contributed by atoms with van der Waals surface area (Å²) in [4.78, 5) is 0. The number of halogens is 2. The van der Waals surface area contributed by atoms with Crippen molar-refractivity contribution < 1.29 is 4.39 Å². The van der Waals surface area contributed by atoms with Gasteiger partial charge in [0.25, 0.3) is 0 Å². The normalized spacial score (nSPS) is 12.3. The lowest BCUT2D eigenvalue weighted by Gasteiger charge is -2.18. The summed E-state index contributed by atoms with van der Waals surface area (Å²) >= 11 is 5.94. The van der Waals surface area contributed by atoms with Crippen molar-refractivity contribution in [2.45, 2.75) is 19.3 Å². The molecule has 0 aliphatic rings. The van der Waals surface area contributed by atoms with Crippen LogP contribution in [-0.2, 0) is 6.42 Å². The first-order chi connectivity index (χ1) is 9.69. The fraction of sp³-hybridized carbons (Fsp3) is 0.294. The van der Waals surface area contributed by atoms with Crippen LogP contribution in [0.3, 0.4) is 0 Å². The van der Waals surface area contributed by atoms with Gasteiger partial charge in [0.1, 0.15) is 5.82 Å². The predicted molar refractivity (Wildman–Crippen MR) is 82.8 cm³/mol. The molecule has 106 valence electrons. The van der Waals surface area contributed by atoms with E-state index in [1.165, 1.54) is 17.7 Å². The van der Waals surface area contributed by atoms with E-state index >= 15 is 0 Å². The summed E-state index contributed by atoms with van der Waals surface area (Å²) in [7, 11) is 0. The quantitative estimate of drug-likeness (QED) is 0.831. The van der Waals surface area contributed by atoms with Gasteiger partial charge in [0, 0.05) is 17.5 Å². The van der Waals surface area contributed by atoms with Gasteiger partial charge in [0.05, 0.1) is 0 Å². The van der Waals surface area contributed by atoms with Gasteiger partial charge >= 0.3 is 0 Å². The summed E-state index contributed by atoms with van der Waals surface area (Å²) < 4.78 is 13.0. The Kier molecular flexibility index (Phi) is 5.57. The van der Waals surface area contributed by atoms with E-state index in [0.717, 1.165) is 30.1 Å². The molecule has 0 saturated heterocycles. The van der Waals surface area contributed by atoms with Crippen molar-refractivity contribution in [2.24, 2.45) is 0 Å². The minimum Gasteiger partial charge on any atom is -0.316 e. The van der Waals surface area contributed by atoms with E-state index in [-0.39, 0.29) is 5.82 Å². The van der Waals surface area contributed by atoms with Crippen LogP contribution in [0.4, 0.5) is 4.39 Å². The van der Waals surface area contributed by atoms with Crippen LogP contribution in [0.15, 0.2) is 48.5 Å². The molecule has 0 saturated carbocycles. The maximum atomic E-state index is 13.0. The first-order valence-electron chi connectivity index (χ1n) is 6.89. The molecule has 0 spiro atoms. The Morgan fingerprint density at radius 1 is 1.05 bits per heavy atom. The first-order valence-corrected chi connectivity index (χ1v) is 7.27. The second kappa shape index (κ2) is 7.41. The van der Waals surface area contributed by atoms with Crippen molar-refractivity contribution in [3.8, 4) is 0 Å². The van der Waals surface area contributed by atoms with E-state index in [4.69, 9.17) is 11.6 Å². The van der Waals surface area contributed by atoms with Gasteiger partial charge in [0.15, 0.2) is 0 Å². The summed E-state index contributed by atoms with van der Waals surface area (Å²) in [6.07, 6.45) is 0.884. The summed E-state index contributed by atoms with van der Waals surface area (Å²) in [5.74, 6) is 0.168. The third kappa shape index (κ3) is 4.32. The zero-order valence-electron chi connectivity index (χ0n) is 11.6. The largest absolute Gasteiger partial charge is 0.316 e. The van der Waals surface area contributed by atoms with Gasteiger partial charge in [-0.25, -0.2) is 4.39 Å². The second-order valence-electron chi connectivity index (χ2n) is 4.89.